The molecule has 0 aliphatic rings. The van der Waals surface area contributed by atoms with Crippen molar-refractivity contribution in [3.05, 3.63) is 23.2 Å². The Bertz CT molecular complexity index is 494. The molecule has 0 bridgehead atoms. The molecule has 1 unspecified atom stereocenters. The molecule has 2 rings (SSSR count). The summed E-state index contributed by atoms with van der Waals surface area (Å²) in [5.74, 6) is 0.911. The highest BCUT2D eigenvalue weighted by atomic mass is 79.9. The van der Waals surface area contributed by atoms with Crippen molar-refractivity contribution in [1.82, 2.24) is 14.4 Å². The van der Waals surface area contributed by atoms with E-state index in [9.17, 15) is 0 Å². The first-order chi connectivity index (χ1) is 7.63. The van der Waals surface area contributed by atoms with E-state index in [1.165, 1.54) is 0 Å². The molecule has 0 fully saturated rings. The molecule has 1 atom stereocenters. The lowest BCUT2D eigenvalue weighted by Crippen LogP contribution is -2.29. The third-order valence-corrected chi connectivity index (χ3v) is 3.30. The average molecular weight is 283 g/mol. The maximum absolute atomic E-state index is 4.50. The highest BCUT2D eigenvalue weighted by molar-refractivity contribution is 9.10. The zero-order valence-electron chi connectivity index (χ0n) is 9.68. The van der Waals surface area contributed by atoms with E-state index in [-0.39, 0.29) is 0 Å². The number of fused-ring (bicyclic) bond motifs is 1. The predicted octanol–water partition coefficient (Wildman–Crippen LogP) is 2.73. The third kappa shape index (κ3) is 1.91. The summed E-state index contributed by atoms with van der Waals surface area (Å²) in [4.78, 5) is 11.0. The number of anilines is 1. The van der Waals surface area contributed by atoms with Crippen LogP contribution in [0.5, 0.6) is 0 Å². The van der Waals surface area contributed by atoms with Crippen LogP contribution in [0.15, 0.2) is 23.2 Å². The van der Waals surface area contributed by atoms with E-state index in [2.05, 4.69) is 51.7 Å². The minimum Gasteiger partial charge on any atom is -0.354 e. The first-order valence-corrected chi connectivity index (χ1v) is 6.14. The lowest BCUT2D eigenvalue weighted by molar-refractivity contribution is 0.656. The summed E-state index contributed by atoms with van der Waals surface area (Å²) < 4.78 is 2.80. The van der Waals surface area contributed by atoms with Crippen molar-refractivity contribution in [2.75, 3.05) is 11.9 Å². The molecule has 4 nitrogen and oxygen atoms in total. The van der Waals surface area contributed by atoms with Crippen LogP contribution >= 0.6 is 15.9 Å². The molecule has 0 N–H and O–H groups in total. The standard InChI is InChI=1S/C11H15BrN4/c1-4-8(2)15(3)11-10-13-5-6-16(10)7-9(12)14-11/h5-8H,4H2,1-3H3. The topological polar surface area (TPSA) is 33.4 Å². The van der Waals surface area contributed by atoms with Gasteiger partial charge in [0.25, 0.3) is 0 Å². The quantitative estimate of drug-likeness (QED) is 0.868. The molecule has 0 aliphatic heterocycles. The molecule has 0 radical (unpaired) electrons. The minimum absolute atomic E-state index is 0.447. The Hall–Kier alpha value is -1.10. The molecular weight excluding hydrogens is 268 g/mol. The molecule has 0 spiro atoms. The van der Waals surface area contributed by atoms with Crippen LogP contribution in [0.2, 0.25) is 0 Å². The third-order valence-electron chi connectivity index (χ3n) is 2.91. The van der Waals surface area contributed by atoms with Crippen molar-refractivity contribution in [2.24, 2.45) is 0 Å². The summed E-state index contributed by atoms with van der Waals surface area (Å²) in [6, 6.07) is 0.447. The average Bonchev–Trinajstić information content (AvgIpc) is 2.73. The van der Waals surface area contributed by atoms with Gasteiger partial charge >= 0.3 is 0 Å². The number of hydrogen-bond donors (Lipinski definition) is 0. The Labute approximate surface area is 103 Å². The van der Waals surface area contributed by atoms with E-state index in [0.717, 1.165) is 22.5 Å². The predicted molar refractivity (Wildman–Crippen MR) is 68.8 cm³/mol. The fraction of sp³-hybridized carbons (Fsp3) is 0.455. The lowest BCUT2D eigenvalue weighted by Gasteiger charge is -2.25. The van der Waals surface area contributed by atoms with Crippen molar-refractivity contribution in [1.29, 1.82) is 0 Å². The van der Waals surface area contributed by atoms with Gasteiger partial charge in [0.15, 0.2) is 11.5 Å². The van der Waals surface area contributed by atoms with Crippen LogP contribution in [-0.4, -0.2) is 27.5 Å². The van der Waals surface area contributed by atoms with Crippen LogP contribution in [0.4, 0.5) is 5.82 Å². The molecule has 2 heterocycles. The highest BCUT2D eigenvalue weighted by Crippen LogP contribution is 2.22. The Kier molecular flexibility index (Phi) is 3.14. The SMILES string of the molecule is CCC(C)N(C)c1nc(Br)cn2ccnc12. The largest absolute Gasteiger partial charge is 0.354 e. The van der Waals surface area contributed by atoms with Gasteiger partial charge in [0.05, 0.1) is 0 Å². The van der Waals surface area contributed by atoms with Gasteiger partial charge in [0.2, 0.25) is 0 Å². The smallest absolute Gasteiger partial charge is 0.180 e. The van der Waals surface area contributed by atoms with Crippen LogP contribution in [0.1, 0.15) is 20.3 Å². The Morgan fingerprint density at radius 2 is 2.31 bits per heavy atom. The van der Waals surface area contributed by atoms with Gasteiger partial charge in [-0.05, 0) is 29.3 Å². The molecule has 0 aliphatic carbocycles. The van der Waals surface area contributed by atoms with Crippen LogP contribution in [0.3, 0.4) is 0 Å². The van der Waals surface area contributed by atoms with E-state index in [4.69, 9.17) is 0 Å². The number of halogens is 1. The number of imidazole rings is 1. The van der Waals surface area contributed by atoms with E-state index in [1.54, 1.807) is 6.20 Å². The monoisotopic (exact) mass is 282 g/mol. The molecule has 86 valence electrons. The molecule has 2 aromatic heterocycles. The van der Waals surface area contributed by atoms with Gasteiger partial charge in [-0.1, -0.05) is 6.92 Å². The van der Waals surface area contributed by atoms with Crippen molar-refractivity contribution in [3.8, 4) is 0 Å². The maximum Gasteiger partial charge on any atom is 0.180 e. The fourth-order valence-electron chi connectivity index (χ4n) is 1.60. The Balaban J connectivity index is 2.53. The number of aromatic nitrogens is 3. The lowest BCUT2D eigenvalue weighted by atomic mass is 10.2. The van der Waals surface area contributed by atoms with Crippen LogP contribution in [0, 0.1) is 0 Å². The molecular formula is C11H15BrN4. The molecule has 0 aromatic carbocycles. The Morgan fingerprint density at radius 3 is 3.00 bits per heavy atom. The van der Waals surface area contributed by atoms with Gasteiger partial charge in [-0.2, -0.15) is 0 Å². The second-order valence-corrected chi connectivity index (χ2v) is 4.73. The van der Waals surface area contributed by atoms with E-state index >= 15 is 0 Å². The zero-order chi connectivity index (χ0) is 11.7. The second kappa shape index (κ2) is 4.41. The van der Waals surface area contributed by atoms with E-state index < -0.39 is 0 Å². The van der Waals surface area contributed by atoms with Gasteiger partial charge in [0, 0.05) is 31.7 Å². The first-order valence-electron chi connectivity index (χ1n) is 5.35. The number of nitrogens with zero attached hydrogens (tertiary/aromatic N) is 4. The normalized spacial score (nSPS) is 13.0. The highest BCUT2D eigenvalue weighted by Gasteiger charge is 2.14. The van der Waals surface area contributed by atoms with Crippen LogP contribution in [0.25, 0.3) is 5.65 Å². The summed E-state index contributed by atoms with van der Waals surface area (Å²) in [7, 11) is 2.05. The minimum atomic E-state index is 0.447. The number of hydrogen-bond acceptors (Lipinski definition) is 3. The molecule has 2 aromatic rings. The summed E-state index contributed by atoms with van der Waals surface area (Å²) in [6.07, 6.45) is 6.71. The summed E-state index contributed by atoms with van der Waals surface area (Å²) >= 11 is 3.42. The van der Waals surface area contributed by atoms with Crippen molar-refractivity contribution >= 4 is 27.4 Å². The van der Waals surface area contributed by atoms with Crippen molar-refractivity contribution in [3.63, 3.8) is 0 Å². The molecule has 0 amide bonds. The molecule has 5 heteroatoms. The van der Waals surface area contributed by atoms with Crippen molar-refractivity contribution < 1.29 is 0 Å². The summed E-state index contributed by atoms with van der Waals surface area (Å²) in [6.45, 7) is 4.35. The van der Waals surface area contributed by atoms with Crippen LogP contribution < -0.4 is 4.90 Å². The van der Waals surface area contributed by atoms with Gasteiger partial charge < -0.3 is 9.30 Å². The van der Waals surface area contributed by atoms with Gasteiger partial charge in [-0.15, -0.1) is 0 Å². The summed E-state index contributed by atoms with van der Waals surface area (Å²) in [5.41, 5.74) is 0.894. The molecule has 0 saturated heterocycles. The van der Waals surface area contributed by atoms with Crippen molar-refractivity contribution in [2.45, 2.75) is 26.3 Å². The van der Waals surface area contributed by atoms with E-state index in [0.29, 0.717) is 6.04 Å². The second-order valence-electron chi connectivity index (χ2n) is 3.91. The number of rotatable bonds is 3. The van der Waals surface area contributed by atoms with Gasteiger partial charge in [0.1, 0.15) is 4.60 Å². The summed E-state index contributed by atoms with van der Waals surface area (Å²) in [5, 5.41) is 0. The van der Waals surface area contributed by atoms with Crippen LogP contribution in [-0.2, 0) is 0 Å². The van der Waals surface area contributed by atoms with Gasteiger partial charge in [-0.25, -0.2) is 9.97 Å². The fourth-order valence-corrected chi connectivity index (χ4v) is 1.99. The molecule has 0 saturated carbocycles. The van der Waals surface area contributed by atoms with E-state index in [1.807, 2.05) is 16.8 Å². The van der Waals surface area contributed by atoms with Gasteiger partial charge in [-0.3, -0.25) is 0 Å². The molecule has 16 heavy (non-hydrogen) atoms. The Morgan fingerprint density at radius 1 is 1.56 bits per heavy atom. The first kappa shape index (κ1) is 11.4. The maximum atomic E-state index is 4.50. The zero-order valence-corrected chi connectivity index (χ0v) is 11.3.